The number of carbonyl (C=O) groups is 1. The Bertz CT molecular complexity index is 677. The van der Waals surface area contributed by atoms with Gasteiger partial charge in [-0.1, -0.05) is 42.6 Å². The number of aromatic nitrogens is 2. The number of nitrogens with one attached hydrogen (secondary N) is 2. The van der Waals surface area contributed by atoms with E-state index >= 15 is 0 Å². The van der Waals surface area contributed by atoms with Crippen LogP contribution in [-0.4, -0.2) is 29.2 Å². The number of benzene rings is 1. The monoisotopic (exact) mass is 366 g/mol. The average molecular weight is 367 g/mol. The van der Waals surface area contributed by atoms with Crippen LogP contribution in [0.1, 0.15) is 35.8 Å². The Hall–Kier alpha value is -1.85. The minimum atomic E-state index is -0.257. The zero-order chi connectivity index (χ0) is 17.4. The van der Waals surface area contributed by atoms with Gasteiger partial charge in [-0.15, -0.1) is 10.2 Å². The lowest BCUT2D eigenvalue weighted by Crippen LogP contribution is -2.27. The van der Waals surface area contributed by atoms with Crippen LogP contribution >= 0.6 is 23.2 Å². The predicted octanol–water partition coefficient (Wildman–Crippen LogP) is 3.97. The number of rotatable bonds is 8. The van der Waals surface area contributed by atoms with Gasteiger partial charge >= 0.3 is 0 Å². The van der Waals surface area contributed by atoms with Gasteiger partial charge in [0.25, 0.3) is 5.91 Å². The average Bonchev–Trinajstić information content (AvgIpc) is 2.57. The Labute approximate surface area is 151 Å². The first-order valence-corrected chi connectivity index (χ1v) is 8.65. The summed E-state index contributed by atoms with van der Waals surface area (Å²) >= 11 is 12.0. The number of carbonyl (C=O) groups excluding carboxylic acids is 1. The fourth-order valence-electron chi connectivity index (χ4n) is 2.07. The smallest absolute Gasteiger partial charge is 0.271 e. The molecule has 0 radical (unpaired) electrons. The van der Waals surface area contributed by atoms with Gasteiger partial charge < -0.3 is 10.6 Å². The SMILES string of the molecule is CCCCNc1ccc(C(=O)NCCc2ccc(Cl)cc2Cl)nn1. The van der Waals surface area contributed by atoms with E-state index in [2.05, 4.69) is 27.8 Å². The summed E-state index contributed by atoms with van der Waals surface area (Å²) in [5.74, 6) is 0.417. The van der Waals surface area contributed by atoms with E-state index in [9.17, 15) is 4.79 Å². The van der Waals surface area contributed by atoms with Crippen LogP contribution in [0.3, 0.4) is 0 Å². The molecule has 2 N–H and O–H groups in total. The van der Waals surface area contributed by atoms with E-state index < -0.39 is 0 Å². The van der Waals surface area contributed by atoms with Crippen molar-refractivity contribution in [1.82, 2.24) is 15.5 Å². The number of amides is 1. The standard InChI is InChI=1S/C17H20Cl2N4O/c1-2-3-9-20-16-7-6-15(22-23-16)17(24)21-10-8-12-4-5-13(18)11-14(12)19/h4-7,11H,2-3,8-10H2,1H3,(H,20,23)(H,21,24). The lowest BCUT2D eigenvalue weighted by Gasteiger charge is -2.07. The van der Waals surface area contributed by atoms with Crippen LogP contribution in [0.5, 0.6) is 0 Å². The molecular formula is C17H20Cl2N4O. The van der Waals surface area contributed by atoms with Gasteiger partial charge in [-0.25, -0.2) is 0 Å². The number of nitrogens with zero attached hydrogens (tertiary/aromatic N) is 2. The molecule has 1 aromatic heterocycles. The van der Waals surface area contributed by atoms with Crippen LogP contribution in [0.15, 0.2) is 30.3 Å². The van der Waals surface area contributed by atoms with Crippen molar-refractivity contribution in [2.45, 2.75) is 26.2 Å². The van der Waals surface area contributed by atoms with Gasteiger partial charge in [0, 0.05) is 23.1 Å². The molecule has 0 aliphatic carbocycles. The Morgan fingerprint density at radius 2 is 1.96 bits per heavy atom. The quantitative estimate of drug-likeness (QED) is 0.693. The summed E-state index contributed by atoms with van der Waals surface area (Å²) in [6.45, 7) is 3.43. The summed E-state index contributed by atoms with van der Waals surface area (Å²) in [4.78, 5) is 12.1. The molecule has 2 rings (SSSR count). The maximum atomic E-state index is 12.1. The van der Waals surface area contributed by atoms with Crippen molar-refractivity contribution in [2.24, 2.45) is 0 Å². The van der Waals surface area contributed by atoms with Gasteiger partial charge in [-0.3, -0.25) is 4.79 Å². The Morgan fingerprint density at radius 1 is 1.12 bits per heavy atom. The molecule has 0 aliphatic rings. The second kappa shape index (κ2) is 9.45. The van der Waals surface area contributed by atoms with Crippen LogP contribution in [0.25, 0.3) is 0 Å². The first-order chi connectivity index (χ1) is 11.6. The number of hydrogen-bond acceptors (Lipinski definition) is 4. The second-order valence-corrected chi connectivity index (χ2v) is 6.17. The van der Waals surface area contributed by atoms with Crippen LogP contribution in [-0.2, 0) is 6.42 Å². The minimum Gasteiger partial charge on any atom is -0.369 e. The molecular weight excluding hydrogens is 347 g/mol. The Kier molecular flexibility index (Phi) is 7.28. The molecule has 1 aromatic carbocycles. The zero-order valence-corrected chi connectivity index (χ0v) is 15.0. The third kappa shape index (κ3) is 5.65. The topological polar surface area (TPSA) is 66.9 Å². The first-order valence-electron chi connectivity index (χ1n) is 7.90. The molecule has 1 heterocycles. The number of halogens is 2. The highest BCUT2D eigenvalue weighted by molar-refractivity contribution is 6.35. The molecule has 0 saturated heterocycles. The molecule has 0 unspecified atom stereocenters. The zero-order valence-electron chi connectivity index (χ0n) is 13.5. The summed E-state index contributed by atoms with van der Waals surface area (Å²) in [6, 6.07) is 8.74. The highest BCUT2D eigenvalue weighted by atomic mass is 35.5. The molecule has 5 nitrogen and oxygen atoms in total. The summed E-state index contributed by atoms with van der Waals surface area (Å²) < 4.78 is 0. The van der Waals surface area contributed by atoms with E-state index in [1.807, 2.05) is 6.07 Å². The van der Waals surface area contributed by atoms with Crippen molar-refractivity contribution in [3.8, 4) is 0 Å². The number of hydrogen-bond donors (Lipinski definition) is 2. The minimum absolute atomic E-state index is 0.257. The van der Waals surface area contributed by atoms with Crippen molar-refractivity contribution in [1.29, 1.82) is 0 Å². The molecule has 0 fully saturated rings. The van der Waals surface area contributed by atoms with Crippen molar-refractivity contribution in [3.63, 3.8) is 0 Å². The van der Waals surface area contributed by atoms with E-state index in [0.29, 0.717) is 34.5 Å². The maximum absolute atomic E-state index is 12.1. The summed E-state index contributed by atoms with van der Waals surface area (Å²) in [6.07, 6.45) is 2.79. The van der Waals surface area contributed by atoms with Crippen molar-refractivity contribution < 1.29 is 4.79 Å². The van der Waals surface area contributed by atoms with E-state index in [1.54, 1.807) is 24.3 Å². The van der Waals surface area contributed by atoms with E-state index in [4.69, 9.17) is 23.2 Å². The fraction of sp³-hybridized carbons (Fsp3) is 0.353. The molecule has 128 valence electrons. The van der Waals surface area contributed by atoms with E-state index in [-0.39, 0.29) is 5.91 Å². The van der Waals surface area contributed by atoms with Gasteiger partial charge in [0.15, 0.2) is 5.69 Å². The normalized spacial score (nSPS) is 10.5. The first kappa shape index (κ1) is 18.5. The van der Waals surface area contributed by atoms with Crippen LogP contribution < -0.4 is 10.6 Å². The molecule has 7 heteroatoms. The number of anilines is 1. The molecule has 1 amide bonds. The van der Waals surface area contributed by atoms with Gasteiger partial charge in [0.05, 0.1) is 0 Å². The second-order valence-electron chi connectivity index (χ2n) is 5.33. The lowest BCUT2D eigenvalue weighted by atomic mass is 10.1. The van der Waals surface area contributed by atoms with Gasteiger partial charge in [0.2, 0.25) is 0 Å². The third-order valence-corrected chi connectivity index (χ3v) is 4.02. The molecule has 0 bridgehead atoms. The predicted molar refractivity (Wildman–Crippen MR) is 97.9 cm³/mol. The van der Waals surface area contributed by atoms with Gasteiger partial charge in [-0.2, -0.15) is 0 Å². The van der Waals surface area contributed by atoms with Crippen LogP contribution in [0.4, 0.5) is 5.82 Å². The van der Waals surface area contributed by atoms with Crippen molar-refractivity contribution in [2.75, 3.05) is 18.4 Å². The Balaban J connectivity index is 1.81. The summed E-state index contributed by atoms with van der Waals surface area (Å²) in [5.41, 5.74) is 1.22. The number of unbranched alkanes of at least 4 members (excludes halogenated alkanes) is 1. The highest BCUT2D eigenvalue weighted by Crippen LogP contribution is 2.21. The third-order valence-electron chi connectivity index (χ3n) is 3.43. The summed E-state index contributed by atoms with van der Waals surface area (Å²) in [5, 5.41) is 15.1. The maximum Gasteiger partial charge on any atom is 0.271 e. The van der Waals surface area contributed by atoms with Crippen molar-refractivity contribution in [3.05, 3.63) is 51.6 Å². The highest BCUT2D eigenvalue weighted by Gasteiger charge is 2.08. The van der Waals surface area contributed by atoms with E-state index in [1.165, 1.54) is 0 Å². The van der Waals surface area contributed by atoms with Gasteiger partial charge in [-0.05, 0) is 42.7 Å². The van der Waals surface area contributed by atoms with Crippen molar-refractivity contribution >= 4 is 34.9 Å². The largest absolute Gasteiger partial charge is 0.369 e. The Morgan fingerprint density at radius 3 is 2.62 bits per heavy atom. The summed E-state index contributed by atoms with van der Waals surface area (Å²) in [7, 11) is 0. The lowest BCUT2D eigenvalue weighted by molar-refractivity contribution is 0.0948. The molecule has 24 heavy (non-hydrogen) atoms. The molecule has 0 atom stereocenters. The fourth-order valence-corrected chi connectivity index (χ4v) is 2.57. The molecule has 0 saturated carbocycles. The van der Waals surface area contributed by atoms with E-state index in [0.717, 1.165) is 24.9 Å². The van der Waals surface area contributed by atoms with Gasteiger partial charge in [0.1, 0.15) is 5.82 Å². The molecule has 0 spiro atoms. The molecule has 2 aromatic rings. The van der Waals surface area contributed by atoms with Crippen LogP contribution in [0, 0.1) is 0 Å². The molecule has 0 aliphatic heterocycles. The van der Waals surface area contributed by atoms with Crippen LogP contribution in [0.2, 0.25) is 10.0 Å².